The first kappa shape index (κ1) is 30.0. The molecule has 1 heterocycles. The Hall–Kier alpha value is -3.52. The highest BCUT2D eigenvalue weighted by Gasteiger charge is 2.34. The number of benzene rings is 2. The number of aliphatic hydroxyl groups excluding tert-OH is 1. The van der Waals surface area contributed by atoms with Crippen LogP contribution in [0.4, 0.5) is 29.3 Å². The van der Waals surface area contributed by atoms with Crippen LogP contribution in [0, 0.1) is 5.92 Å². The molecule has 1 aliphatic rings. The number of alkyl halides is 3. The molecule has 0 saturated carbocycles. The molecule has 0 radical (unpaired) electrons. The molecule has 0 unspecified atom stereocenters. The maximum absolute atomic E-state index is 13.4. The van der Waals surface area contributed by atoms with Crippen LogP contribution in [0.3, 0.4) is 0 Å². The first-order valence-corrected chi connectivity index (χ1v) is 13.9. The Morgan fingerprint density at radius 1 is 1.21 bits per heavy atom. The minimum atomic E-state index is -4.49. The van der Waals surface area contributed by atoms with Gasteiger partial charge in [-0.05, 0) is 49.4 Å². The van der Waals surface area contributed by atoms with Crippen molar-refractivity contribution < 1.29 is 41.0 Å². The van der Waals surface area contributed by atoms with Crippen LogP contribution < -0.4 is 14.8 Å². The van der Waals surface area contributed by atoms with Crippen LogP contribution in [0.15, 0.2) is 42.5 Å². The van der Waals surface area contributed by atoms with Gasteiger partial charge in [0.15, 0.2) is 0 Å². The Labute approximate surface area is 224 Å². The number of halogens is 3. The summed E-state index contributed by atoms with van der Waals surface area (Å²) < 4.78 is 70.3. The van der Waals surface area contributed by atoms with Gasteiger partial charge >= 0.3 is 12.2 Å². The summed E-state index contributed by atoms with van der Waals surface area (Å²) in [6, 6.07) is 7.15. The second-order valence-corrected chi connectivity index (χ2v) is 11.3. The molecule has 0 aromatic heterocycles. The molecule has 2 aromatic rings. The molecule has 0 aliphatic carbocycles. The van der Waals surface area contributed by atoms with Crippen molar-refractivity contribution in [3.63, 3.8) is 0 Å². The number of likely N-dealkylation sites (N-methyl/N-ethyl adjacent to an activating group) is 1. The van der Waals surface area contributed by atoms with Gasteiger partial charge in [0, 0.05) is 30.9 Å². The van der Waals surface area contributed by atoms with Gasteiger partial charge < -0.3 is 25.0 Å². The number of fused-ring (bicyclic) bond motifs is 1. The van der Waals surface area contributed by atoms with Crippen molar-refractivity contribution in [1.82, 2.24) is 9.80 Å². The Kier molecular flexibility index (Phi) is 9.01. The Bertz CT molecular complexity index is 1300. The standard InChI is InChI=1S/C25H31F3N4O6S/c1-15-12-32(16(2)14-33)23(34)20-11-19(30-39(4,36)37)9-10-21(20)38-22(15)13-31(3)24(35)29-18-7-5-17(6-8-18)25(26,27)28/h5-11,15-16,22,30,33H,12-14H2,1-4H3,(H,29,35)/t15-,16-,22-/m1/s1. The van der Waals surface area contributed by atoms with Crippen molar-refractivity contribution in [3.05, 3.63) is 53.6 Å². The Balaban J connectivity index is 1.84. The molecule has 0 fully saturated rings. The molecule has 10 nitrogen and oxygen atoms in total. The van der Waals surface area contributed by atoms with Crippen molar-refractivity contribution in [3.8, 4) is 5.75 Å². The van der Waals surface area contributed by atoms with Crippen molar-refractivity contribution in [2.75, 3.05) is 43.0 Å². The van der Waals surface area contributed by atoms with Gasteiger partial charge in [0.05, 0.1) is 36.6 Å². The van der Waals surface area contributed by atoms with Crippen LogP contribution in [-0.2, 0) is 16.2 Å². The van der Waals surface area contributed by atoms with E-state index in [2.05, 4.69) is 10.0 Å². The van der Waals surface area contributed by atoms with Gasteiger partial charge in [-0.2, -0.15) is 13.2 Å². The highest BCUT2D eigenvalue weighted by atomic mass is 32.2. The molecule has 14 heteroatoms. The summed E-state index contributed by atoms with van der Waals surface area (Å²) in [6.07, 6.45) is -4.15. The van der Waals surface area contributed by atoms with E-state index in [-0.39, 0.29) is 48.3 Å². The summed E-state index contributed by atoms with van der Waals surface area (Å²) in [5.41, 5.74) is -0.424. The number of carbonyl (C=O) groups is 2. The Morgan fingerprint density at radius 2 is 1.82 bits per heavy atom. The third kappa shape index (κ3) is 7.76. The maximum atomic E-state index is 13.4. The molecule has 0 bridgehead atoms. The molecule has 1 aliphatic heterocycles. The van der Waals surface area contributed by atoms with Crippen molar-refractivity contribution >= 4 is 33.3 Å². The molecule has 3 rings (SSSR count). The number of hydrogen-bond donors (Lipinski definition) is 3. The van der Waals surface area contributed by atoms with E-state index in [0.717, 1.165) is 30.5 Å². The minimum absolute atomic E-state index is 0.0476. The van der Waals surface area contributed by atoms with Crippen molar-refractivity contribution in [2.24, 2.45) is 5.92 Å². The second kappa shape index (κ2) is 11.7. The monoisotopic (exact) mass is 572 g/mol. The fourth-order valence-corrected chi connectivity index (χ4v) is 4.59. The zero-order chi connectivity index (χ0) is 29.1. The van der Waals surface area contributed by atoms with E-state index < -0.39 is 45.8 Å². The van der Waals surface area contributed by atoms with Crippen LogP contribution in [0.5, 0.6) is 5.75 Å². The van der Waals surface area contributed by atoms with Crippen molar-refractivity contribution in [2.45, 2.75) is 32.2 Å². The predicted octanol–water partition coefficient (Wildman–Crippen LogP) is 3.46. The summed E-state index contributed by atoms with van der Waals surface area (Å²) >= 11 is 0. The van der Waals surface area contributed by atoms with Gasteiger partial charge in [0.1, 0.15) is 11.9 Å². The molecule has 3 N–H and O–H groups in total. The molecule has 2 aromatic carbocycles. The highest BCUT2D eigenvalue weighted by Crippen LogP contribution is 2.32. The SMILES string of the molecule is C[C@@H]1CN([C@H](C)CO)C(=O)c2cc(NS(C)(=O)=O)ccc2O[C@@H]1CN(C)C(=O)Nc1ccc(C(F)(F)F)cc1. The predicted molar refractivity (Wildman–Crippen MR) is 139 cm³/mol. The molecule has 0 saturated heterocycles. The lowest BCUT2D eigenvalue weighted by Gasteiger charge is -2.38. The summed E-state index contributed by atoms with van der Waals surface area (Å²) in [4.78, 5) is 29.0. The number of amides is 3. The van der Waals surface area contributed by atoms with Gasteiger partial charge in [-0.3, -0.25) is 9.52 Å². The Morgan fingerprint density at radius 3 is 2.38 bits per heavy atom. The van der Waals surface area contributed by atoms with E-state index in [1.54, 1.807) is 6.92 Å². The number of rotatable bonds is 7. The van der Waals surface area contributed by atoms with Gasteiger partial charge in [-0.15, -0.1) is 0 Å². The van der Waals surface area contributed by atoms with E-state index in [1.165, 1.54) is 35.0 Å². The summed E-state index contributed by atoms with van der Waals surface area (Å²) in [5, 5.41) is 12.3. The zero-order valence-electron chi connectivity index (χ0n) is 21.8. The number of nitrogens with one attached hydrogen (secondary N) is 2. The van der Waals surface area contributed by atoms with Crippen LogP contribution >= 0.6 is 0 Å². The average Bonchev–Trinajstić information content (AvgIpc) is 2.84. The number of aliphatic hydroxyl groups is 1. The first-order chi connectivity index (χ1) is 18.1. The van der Waals surface area contributed by atoms with E-state index in [9.17, 15) is 36.3 Å². The normalized spacial score (nSPS) is 18.8. The average molecular weight is 573 g/mol. The van der Waals surface area contributed by atoms with E-state index >= 15 is 0 Å². The summed E-state index contributed by atoms with van der Waals surface area (Å²) in [7, 11) is -2.12. The van der Waals surface area contributed by atoms with E-state index in [4.69, 9.17) is 4.74 Å². The fourth-order valence-electron chi connectivity index (χ4n) is 4.03. The second-order valence-electron chi connectivity index (χ2n) is 9.59. The first-order valence-electron chi connectivity index (χ1n) is 12.0. The minimum Gasteiger partial charge on any atom is -0.487 e. The number of hydrogen-bond acceptors (Lipinski definition) is 6. The van der Waals surface area contributed by atoms with Gasteiger partial charge in [0.2, 0.25) is 10.0 Å². The topological polar surface area (TPSA) is 128 Å². The number of sulfonamides is 1. The van der Waals surface area contributed by atoms with Crippen LogP contribution in [-0.4, -0.2) is 80.4 Å². The van der Waals surface area contributed by atoms with Gasteiger partial charge in [-0.1, -0.05) is 6.92 Å². The summed E-state index contributed by atoms with van der Waals surface area (Å²) in [6.45, 7) is 3.40. The molecule has 39 heavy (non-hydrogen) atoms. The van der Waals surface area contributed by atoms with Gasteiger partial charge in [0.25, 0.3) is 5.91 Å². The molecular formula is C25H31F3N4O6S. The van der Waals surface area contributed by atoms with E-state index in [1.807, 2.05) is 6.92 Å². The van der Waals surface area contributed by atoms with E-state index in [0.29, 0.717) is 0 Å². The van der Waals surface area contributed by atoms with Crippen molar-refractivity contribution in [1.29, 1.82) is 0 Å². The lowest BCUT2D eigenvalue weighted by molar-refractivity contribution is -0.137. The third-order valence-corrected chi connectivity index (χ3v) is 6.84. The lowest BCUT2D eigenvalue weighted by atomic mass is 9.99. The smallest absolute Gasteiger partial charge is 0.416 e. The van der Waals surface area contributed by atoms with Crippen LogP contribution in [0.2, 0.25) is 0 Å². The molecule has 3 atom stereocenters. The number of ether oxygens (including phenoxy) is 1. The number of urea groups is 1. The lowest BCUT2D eigenvalue weighted by Crippen LogP contribution is -2.50. The number of anilines is 2. The maximum Gasteiger partial charge on any atom is 0.416 e. The highest BCUT2D eigenvalue weighted by molar-refractivity contribution is 7.92. The zero-order valence-corrected chi connectivity index (χ0v) is 22.6. The number of nitrogens with zero attached hydrogens (tertiary/aromatic N) is 2. The van der Waals surface area contributed by atoms with Crippen LogP contribution in [0.25, 0.3) is 0 Å². The quantitative estimate of drug-likeness (QED) is 0.466. The molecular weight excluding hydrogens is 541 g/mol. The largest absolute Gasteiger partial charge is 0.487 e. The van der Waals surface area contributed by atoms with Gasteiger partial charge in [-0.25, -0.2) is 13.2 Å². The third-order valence-electron chi connectivity index (χ3n) is 6.23. The molecule has 0 spiro atoms. The fraction of sp³-hybridized carbons (Fsp3) is 0.440. The molecule has 214 valence electrons. The molecule has 3 amide bonds. The number of carbonyl (C=O) groups excluding carboxylic acids is 2. The van der Waals surface area contributed by atoms with Crippen LogP contribution in [0.1, 0.15) is 29.8 Å². The summed E-state index contributed by atoms with van der Waals surface area (Å²) in [5.74, 6) is -0.601.